The van der Waals surface area contributed by atoms with Gasteiger partial charge in [-0.3, -0.25) is 0 Å². The molecule has 1 N–H and O–H groups in total. The van der Waals surface area contributed by atoms with E-state index in [4.69, 9.17) is 21.3 Å². The number of hydrogen-bond donors (Lipinski definition) is 1. The van der Waals surface area contributed by atoms with Crippen molar-refractivity contribution in [2.75, 3.05) is 5.32 Å². The Balaban J connectivity index is 2.10. The molecule has 0 spiro atoms. The summed E-state index contributed by atoms with van der Waals surface area (Å²) in [5.74, 6) is 0.983. The van der Waals surface area contributed by atoms with Crippen molar-refractivity contribution >= 4 is 17.3 Å². The summed E-state index contributed by atoms with van der Waals surface area (Å²) in [5, 5.41) is 12.2. The van der Waals surface area contributed by atoms with Gasteiger partial charge in [-0.25, -0.2) is 4.98 Å². The number of hydrogen-bond acceptors (Lipinski definition) is 4. The molecule has 0 atom stereocenters. The van der Waals surface area contributed by atoms with Crippen LogP contribution in [-0.2, 0) is 6.54 Å². The molecule has 0 saturated heterocycles. The lowest BCUT2D eigenvalue weighted by Gasteiger charge is -2.08. The third-order valence-electron chi connectivity index (χ3n) is 2.32. The maximum absolute atomic E-state index is 8.63. The number of furan rings is 1. The Morgan fingerprint density at radius 2 is 2.29 bits per heavy atom. The first-order valence-electron chi connectivity index (χ1n) is 5.04. The summed E-state index contributed by atoms with van der Waals surface area (Å²) in [4.78, 5) is 3.99. The van der Waals surface area contributed by atoms with Crippen LogP contribution in [-0.4, -0.2) is 4.98 Å². The average Bonchev–Trinajstić information content (AvgIpc) is 2.76. The lowest BCUT2D eigenvalue weighted by Crippen LogP contribution is -2.01. The normalized spacial score (nSPS) is 9.94. The van der Waals surface area contributed by atoms with Gasteiger partial charge in [0.15, 0.2) is 5.15 Å². The molecular formula is C12H10ClN3O. The van der Waals surface area contributed by atoms with Crippen molar-refractivity contribution in [1.82, 2.24) is 4.98 Å². The monoisotopic (exact) mass is 247 g/mol. The van der Waals surface area contributed by atoms with Crippen LogP contribution >= 0.6 is 11.6 Å². The molecule has 2 heterocycles. The fourth-order valence-electron chi connectivity index (χ4n) is 1.45. The van der Waals surface area contributed by atoms with E-state index >= 15 is 0 Å². The molecule has 2 rings (SSSR count). The molecule has 86 valence electrons. The van der Waals surface area contributed by atoms with Gasteiger partial charge in [0.2, 0.25) is 5.76 Å². The molecule has 17 heavy (non-hydrogen) atoms. The number of pyridine rings is 1. The zero-order chi connectivity index (χ0) is 12.3. The Kier molecular flexibility index (Phi) is 3.31. The third kappa shape index (κ3) is 2.58. The van der Waals surface area contributed by atoms with Crippen LogP contribution in [0.25, 0.3) is 0 Å². The number of aryl methyl sites for hydroxylation is 1. The Labute approximate surface area is 104 Å². The Morgan fingerprint density at radius 3 is 2.94 bits per heavy atom. The van der Waals surface area contributed by atoms with Crippen molar-refractivity contribution in [2.24, 2.45) is 0 Å². The molecule has 0 amide bonds. The highest BCUT2D eigenvalue weighted by molar-refractivity contribution is 6.32. The number of halogens is 1. The lowest BCUT2D eigenvalue weighted by atomic mass is 10.2. The van der Waals surface area contributed by atoms with Crippen LogP contribution in [0, 0.1) is 18.3 Å². The first kappa shape index (κ1) is 11.5. The Morgan fingerprint density at radius 1 is 1.47 bits per heavy atom. The molecule has 5 heteroatoms. The molecule has 0 aliphatic heterocycles. The Hall–Kier alpha value is -1.99. The van der Waals surface area contributed by atoms with Gasteiger partial charge in [0.05, 0.1) is 12.2 Å². The molecule has 0 aliphatic carbocycles. The second kappa shape index (κ2) is 4.89. The minimum Gasteiger partial charge on any atom is -0.449 e. The predicted molar refractivity (Wildman–Crippen MR) is 64.7 cm³/mol. The second-order valence-electron chi connectivity index (χ2n) is 3.52. The van der Waals surface area contributed by atoms with Gasteiger partial charge < -0.3 is 9.73 Å². The SMILES string of the molecule is Cc1ccnc(Cl)c1NCc1ccc(C#N)o1. The number of nitrogens with one attached hydrogen (secondary N) is 1. The van der Waals surface area contributed by atoms with Gasteiger partial charge in [-0.2, -0.15) is 5.26 Å². The van der Waals surface area contributed by atoms with Crippen LogP contribution in [0.3, 0.4) is 0 Å². The summed E-state index contributed by atoms with van der Waals surface area (Å²) in [6, 6.07) is 7.20. The number of nitriles is 1. The second-order valence-corrected chi connectivity index (χ2v) is 3.88. The van der Waals surface area contributed by atoms with Gasteiger partial charge >= 0.3 is 0 Å². The first-order chi connectivity index (χ1) is 8.20. The number of anilines is 1. The van der Waals surface area contributed by atoms with E-state index in [9.17, 15) is 0 Å². The average molecular weight is 248 g/mol. The smallest absolute Gasteiger partial charge is 0.203 e. The molecule has 4 nitrogen and oxygen atoms in total. The van der Waals surface area contributed by atoms with Crippen molar-refractivity contribution in [2.45, 2.75) is 13.5 Å². The lowest BCUT2D eigenvalue weighted by molar-refractivity contribution is 0.506. The molecule has 0 aromatic carbocycles. The van der Waals surface area contributed by atoms with Crippen LogP contribution < -0.4 is 5.32 Å². The van der Waals surface area contributed by atoms with Crippen molar-refractivity contribution in [3.63, 3.8) is 0 Å². The zero-order valence-electron chi connectivity index (χ0n) is 9.20. The summed E-state index contributed by atoms with van der Waals surface area (Å²) in [7, 11) is 0. The summed E-state index contributed by atoms with van der Waals surface area (Å²) in [6.45, 7) is 2.41. The molecule has 2 aromatic rings. The minimum atomic E-state index is 0.302. The van der Waals surface area contributed by atoms with E-state index in [2.05, 4.69) is 10.3 Å². The van der Waals surface area contributed by atoms with E-state index in [1.165, 1.54) is 0 Å². The van der Waals surface area contributed by atoms with Gasteiger partial charge in [-0.1, -0.05) is 11.6 Å². The molecule has 0 unspecified atom stereocenters. The molecule has 0 bridgehead atoms. The third-order valence-corrected chi connectivity index (χ3v) is 2.61. The van der Waals surface area contributed by atoms with Crippen molar-refractivity contribution in [3.8, 4) is 6.07 Å². The van der Waals surface area contributed by atoms with Gasteiger partial charge in [0.25, 0.3) is 0 Å². The van der Waals surface area contributed by atoms with E-state index < -0.39 is 0 Å². The molecule has 2 aromatic heterocycles. The summed E-state index contributed by atoms with van der Waals surface area (Å²) >= 11 is 5.97. The predicted octanol–water partition coefficient (Wildman–Crippen LogP) is 3.12. The van der Waals surface area contributed by atoms with E-state index in [1.807, 2.05) is 19.1 Å². The fraction of sp³-hybridized carbons (Fsp3) is 0.167. The van der Waals surface area contributed by atoms with E-state index in [0.29, 0.717) is 23.2 Å². The quantitative estimate of drug-likeness (QED) is 0.847. The molecule has 0 saturated carbocycles. The standard InChI is InChI=1S/C12H10ClN3O/c1-8-4-5-15-12(13)11(8)16-7-10-3-2-9(6-14)17-10/h2-5,16H,7H2,1H3. The van der Waals surface area contributed by atoms with Gasteiger partial charge in [0, 0.05) is 6.20 Å². The minimum absolute atomic E-state index is 0.302. The first-order valence-corrected chi connectivity index (χ1v) is 5.42. The number of aromatic nitrogens is 1. The fourth-order valence-corrected chi connectivity index (χ4v) is 1.72. The zero-order valence-corrected chi connectivity index (χ0v) is 9.95. The van der Waals surface area contributed by atoms with Crippen LogP contribution in [0.4, 0.5) is 5.69 Å². The van der Waals surface area contributed by atoms with Crippen molar-refractivity contribution in [3.05, 3.63) is 46.6 Å². The van der Waals surface area contributed by atoms with Gasteiger partial charge in [0.1, 0.15) is 11.8 Å². The summed E-state index contributed by atoms with van der Waals surface area (Å²) in [5.41, 5.74) is 1.79. The maximum atomic E-state index is 8.63. The van der Waals surface area contributed by atoms with Crippen molar-refractivity contribution < 1.29 is 4.42 Å². The largest absolute Gasteiger partial charge is 0.449 e. The Bertz CT molecular complexity index is 551. The van der Waals surface area contributed by atoms with E-state index in [0.717, 1.165) is 11.3 Å². The van der Waals surface area contributed by atoms with E-state index in [-0.39, 0.29) is 0 Å². The summed E-state index contributed by atoms with van der Waals surface area (Å²) < 4.78 is 5.25. The highest BCUT2D eigenvalue weighted by Crippen LogP contribution is 2.23. The highest BCUT2D eigenvalue weighted by Gasteiger charge is 2.06. The van der Waals surface area contributed by atoms with Gasteiger partial charge in [-0.15, -0.1) is 0 Å². The number of nitrogens with zero attached hydrogens (tertiary/aromatic N) is 2. The van der Waals surface area contributed by atoms with Crippen molar-refractivity contribution in [1.29, 1.82) is 5.26 Å². The van der Waals surface area contributed by atoms with E-state index in [1.54, 1.807) is 18.3 Å². The van der Waals surface area contributed by atoms with Crippen LogP contribution in [0.1, 0.15) is 17.1 Å². The molecule has 0 fully saturated rings. The molecular weight excluding hydrogens is 238 g/mol. The van der Waals surface area contributed by atoms with Crippen LogP contribution in [0.15, 0.2) is 28.8 Å². The van der Waals surface area contributed by atoms with Crippen LogP contribution in [0.2, 0.25) is 5.15 Å². The maximum Gasteiger partial charge on any atom is 0.203 e. The van der Waals surface area contributed by atoms with Gasteiger partial charge in [-0.05, 0) is 30.7 Å². The topological polar surface area (TPSA) is 61.9 Å². The summed E-state index contributed by atoms with van der Waals surface area (Å²) in [6.07, 6.45) is 1.66. The highest BCUT2D eigenvalue weighted by atomic mass is 35.5. The molecule has 0 aliphatic rings. The van der Waals surface area contributed by atoms with Crippen LogP contribution in [0.5, 0.6) is 0 Å². The number of rotatable bonds is 3. The molecule has 0 radical (unpaired) electrons.